The van der Waals surface area contributed by atoms with E-state index in [1.54, 1.807) is 48.5 Å². The van der Waals surface area contributed by atoms with Gasteiger partial charge in [-0.1, -0.05) is 121 Å². The Bertz CT molecular complexity index is 4880. The summed E-state index contributed by atoms with van der Waals surface area (Å²) in [7, 11) is 0. The molecule has 2 N–H and O–H groups in total. The second kappa shape index (κ2) is 35.8. The fraction of sp³-hybridized carbons (Fsp3) is 0.279. The molecule has 0 spiro atoms. The minimum absolute atomic E-state index is 0.00268. The van der Waals surface area contributed by atoms with Crippen LogP contribution in [0.25, 0.3) is 43.1 Å². The van der Waals surface area contributed by atoms with Crippen LogP contribution < -0.4 is 29.6 Å². The number of nitrogens with one attached hydrogen (secondary N) is 2. The molecule has 604 valence electrons. The average molecular weight is 1670 g/mol. The molecule has 0 fully saturated rings. The van der Waals surface area contributed by atoms with Gasteiger partial charge in [0.05, 0.1) is 55.2 Å². The van der Waals surface area contributed by atoms with Gasteiger partial charge in [0, 0.05) is 95.2 Å². The van der Waals surface area contributed by atoms with Gasteiger partial charge in [-0.25, -0.2) is 0 Å². The highest BCUT2D eigenvalue weighted by atomic mass is 35.5. The summed E-state index contributed by atoms with van der Waals surface area (Å²) < 4.78 is 120. The number of rotatable bonds is 36. The Labute approximate surface area is 681 Å². The first-order valence-corrected chi connectivity index (χ1v) is 38.5. The van der Waals surface area contributed by atoms with Crippen molar-refractivity contribution in [2.24, 2.45) is 0 Å². The number of halogens is 10. The quantitative estimate of drug-likeness (QED) is 0.0122. The lowest BCUT2D eigenvalue weighted by Crippen LogP contribution is -2.56. The molecule has 0 aliphatic carbocycles. The summed E-state index contributed by atoms with van der Waals surface area (Å²) in [4.78, 5) is 147. The molecule has 0 radical (unpaired) electrons. The lowest BCUT2D eigenvalue weighted by atomic mass is 9.80. The SMILES string of the molecule is C=C(Cl)C(=O)CCCc1ccc(Oc2cc3c4c(cc(Oc5ccc(CCCC(=O)C(=C)Cl)cc5)c5c6c(Oc7ccc(CCNC(=O)C(=C)Cl)cc7)cc7c8c(cc(Oc9ccc(CCNC(=O)C(=C)Cl)cc9)c(c2c45)c86)C(=O)N(C(CC(F)(F)F)C(=O)N(CC)CC)C7=O)C(=O)N(C(CC(F)(F)F)C(=O)N(CC)CC)C3=O)cc1. The molecule has 0 saturated carbocycles. The number of ketones is 2. The van der Waals surface area contributed by atoms with Crippen LogP contribution in [0.1, 0.15) is 130 Å². The van der Waals surface area contributed by atoms with Gasteiger partial charge in [0.15, 0.2) is 11.6 Å². The second-order valence-corrected chi connectivity index (χ2v) is 29.3. The van der Waals surface area contributed by atoms with Crippen LogP contribution in [-0.4, -0.2) is 142 Å². The average Bonchev–Trinajstić information content (AvgIpc) is 0.670. The number of carbonyl (C=O) groups is 10. The van der Waals surface area contributed by atoms with Crippen molar-refractivity contribution in [1.82, 2.24) is 30.2 Å². The fourth-order valence-corrected chi connectivity index (χ4v) is 14.7. The zero-order valence-corrected chi connectivity index (χ0v) is 66.2. The molecule has 2 aliphatic heterocycles. The minimum Gasteiger partial charge on any atom is -0.457 e. The van der Waals surface area contributed by atoms with Crippen LogP contribution in [0.4, 0.5) is 26.3 Å². The van der Waals surface area contributed by atoms with E-state index in [1.165, 1.54) is 76.2 Å². The lowest BCUT2D eigenvalue weighted by molar-refractivity contribution is -0.158. The minimum atomic E-state index is -5.20. The van der Waals surface area contributed by atoms with Gasteiger partial charge >= 0.3 is 12.4 Å². The van der Waals surface area contributed by atoms with Crippen LogP contribution in [0.3, 0.4) is 0 Å². The second-order valence-electron chi connectivity index (χ2n) is 27.5. The number of amides is 8. The van der Waals surface area contributed by atoms with Crippen molar-refractivity contribution in [3.8, 4) is 46.0 Å². The molecule has 0 bridgehead atoms. The molecule has 116 heavy (non-hydrogen) atoms. The Morgan fingerprint density at radius 2 is 0.638 bits per heavy atom. The monoisotopic (exact) mass is 1670 g/mol. The Morgan fingerprint density at radius 1 is 0.388 bits per heavy atom. The first kappa shape index (κ1) is 85.6. The van der Waals surface area contributed by atoms with Crippen molar-refractivity contribution < 1.29 is 93.2 Å². The molecule has 0 saturated heterocycles. The number of carbonyl (C=O) groups excluding carboxylic acids is 10. The number of alkyl halides is 6. The zero-order chi connectivity index (χ0) is 84.1. The van der Waals surface area contributed by atoms with E-state index in [0.29, 0.717) is 47.9 Å². The summed E-state index contributed by atoms with van der Waals surface area (Å²) in [5.74, 6) is -11.6. The van der Waals surface area contributed by atoms with Gasteiger partial charge in [-0.3, -0.25) is 57.7 Å². The summed E-state index contributed by atoms with van der Waals surface area (Å²) in [5, 5.41) is 2.97. The van der Waals surface area contributed by atoms with Crippen LogP contribution in [0, 0.1) is 0 Å². The van der Waals surface area contributed by atoms with E-state index in [9.17, 15) is 28.8 Å². The van der Waals surface area contributed by atoms with Crippen LogP contribution in [-0.2, 0) is 54.5 Å². The number of Topliss-reactive ketones (excluding diaryl/α,β-unsaturated/α-hetero) is 2. The maximum Gasteiger partial charge on any atom is 0.391 e. The topological polar surface area (TPSA) is 245 Å². The van der Waals surface area contributed by atoms with E-state index >= 15 is 45.5 Å². The number of hydrogen-bond acceptors (Lipinski definition) is 14. The van der Waals surface area contributed by atoms with E-state index in [1.807, 2.05) is 0 Å². The third kappa shape index (κ3) is 18.6. The van der Waals surface area contributed by atoms with Gasteiger partial charge in [-0.15, -0.1) is 0 Å². The van der Waals surface area contributed by atoms with Gasteiger partial charge in [0.25, 0.3) is 35.4 Å². The van der Waals surface area contributed by atoms with Gasteiger partial charge < -0.3 is 39.4 Å². The van der Waals surface area contributed by atoms with E-state index in [4.69, 9.17) is 65.4 Å². The van der Waals surface area contributed by atoms with Crippen molar-refractivity contribution in [3.05, 3.63) is 212 Å². The number of allylic oxidation sites excluding steroid dienone is 2. The predicted molar refractivity (Wildman–Crippen MR) is 429 cm³/mol. The third-order valence-electron chi connectivity index (χ3n) is 20.0. The van der Waals surface area contributed by atoms with Crippen LogP contribution in [0.2, 0.25) is 0 Å². The Morgan fingerprint density at radius 3 is 0.862 bits per heavy atom. The molecule has 20 nitrogen and oxygen atoms in total. The molecule has 2 unspecified atom stereocenters. The van der Waals surface area contributed by atoms with Crippen LogP contribution in [0.15, 0.2) is 168 Å². The van der Waals surface area contributed by atoms with Gasteiger partial charge in [0.2, 0.25) is 11.8 Å². The molecule has 30 heteroatoms. The summed E-state index contributed by atoms with van der Waals surface area (Å²) in [6, 6.07) is 24.7. The summed E-state index contributed by atoms with van der Waals surface area (Å²) >= 11 is 23.5. The van der Waals surface area contributed by atoms with E-state index in [-0.39, 0.29) is 196 Å². The Balaban J connectivity index is 1.31. The summed E-state index contributed by atoms with van der Waals surface area (Å²) in [6.07, 6.45) is -12.6. The van der Waals surface area contributed by atoms with Crippen molar-refractivity contribution in [3.63, 3.8) is 0 Å². The molecule has 2 atom stereocenters. The number of imide groups is 2. The highest BCUT2D eigenvalue weighted by molar-refractivity contribution is 6.46. The summed E-state index contributed by atoms with van der Waals surface area (Å²) in [5.41, 5.74) is 0.536. The Kier molecular flexibility index (Phi) is 26.4. The number of nitrogens with zero attached hydrogens (tertiary/aromatic N) is 4. The smallest absolute Gasteiger partial charge is 0.391 e. The molecular formula is C86H76Cl4F6N6O14. The van der Waals surface area contributed by atoms with Crippen molar-refractivity contribution in [1.29, 1.82) is 0 Å². The molecule has 9 aromatic carbocycles. The molecule has 9 aromatic rings. The van der Waals surface area contributed by atoms with Crippen molar-refractivity contribution in [2.45, 2.75) is 116 Å². The van der Waals surface area contributed by atoms with Crippen LogP contribution >= 0.6 is 46.4 Å². The number of likely N-dealkylation sites (N-methyl/N-ethyl adjacent to an activating group) is 2. The number of hydrogen-bond donors (Lipinski definition) is 2. The van der Waals surface area contributed by atoms with E-state index < -0.39 is 107 Å². The molecule has 2 aliphatic rings. The van der Waals surface area contributed by atoms with Gasteiger partial charge in [-0.05, 0) is 161 Å². The fourth-order valence-electron chi connectivity index (χ4n) is 14.4. The third-order valence-corrected chi connectivity index (χ3v) is 20.8. The van der Waals surface area contributed by atoms with Gasteiger partial charge in [-0.2, -0.15) is 26.3 Å². The molecular weight excluding hydrogens is 1600 g/mol. The lowest BCUT2D eigenvalue weighted by Gasteiger charge is -2.37. The van der Waals surface area contributed by atoms with Crippen molar-refractivity contribution in [2.75, 3.05) is 39.3 Å². The van der Waals surface area contributed by atoms with E-state index in [0.717, 1.165) is 34.1 Å². The Hall–Kier alpha value is -11.3. The number of fused-ring (bicyclic) bond motifs is 2. The highest BCUT2D eigenvalue weighted by Gasteiger charge is 2.51. The van der Waals surface area contributed by atoms with Crippen molar-refractivity contribution >= 4 is 148 Å². The molecule has 8 amide bonds. The highest BCUT2D eigenvalue weighted by Crippen LogP contribution is 2.58. The number of aryl methyl sites for hydroxylation is 2. The molecule has 2 heterocycles. The maximum atomic E-state index is 16.2. The normalized spacial score (nSPS) is 13.3. The molecule has 11 rings (SSSR count). The number of benzene rings is 9. The standard InChI is InChI=1S/C86H76Cl4F6N6O14/c1-9-99(10-2)83(111)61(43-85(91,92)93)101-79(107)57-39-65(113-53-27-19-49(20-28-53)15-13-17-63(103)45(5)87)71-73-67(115-55-31-23-51(24-32-55)35-37-97-77(105)47(7)89)41-59-70-60(82(110)102(81(59)109)62(44-86(94,95)96)84(112)100(11-3)12-4)42-68(116-56-33-25-52(26-34-56)36-38-98-78(106)48(8)90)74(76(70)73)72-66(40-58(80(101)108)69(57)75(71)72)114-54-29-21-50(22-30-54)16-14-18-64(104)46(6)88/h19-34,39-42,61-62H,5-18,35-38,43-44H2,1-4H3,(H,97,105)(H,98,106). The van der Waals surface area contributed by atoms with Gasteiger partial charge in [0.1, 0.15) is 58.1 Å². The largest absolute Gasteiger partial charge is 0.457 e. The first-order valence-electron chi connectivity index (χ1n) is 37.0. The maximum absolute atomic E-state index is 16.2. The summed E-state index contributed by atoms with van der Waals surface area (Å²) in [6.45, 7) is 19.5. The first-order chi connectivity index (χ1) is 55.0. The zero-order valence-electron chi connectivity index (χ0n) is 63.1. The van der Waals surface area contributed by atoms with Crippen LogP contribution in [0.5, 0.6) is 46.0 Å². The molecule has 0 aromatic heterocycles. The number of ether oxygens (including phenoxy) is 4. The predicted octanol–water partition coefficient (Wildman–Crippen LogP) is 18.6. The van der Waals surface area contributed by atoms with E-state index in [2.05, 4.69) is 36.9 Å².